The summed E-state index contributed by atoms with van der Waals surface area (Å²) in [5.41, 5.74) is 0.676. The van der Waals surface area contributed by atoms with E-state index in [0.717, 1.165) is 6.42 Å². The van der Waals surface area contributed by atoms with E-state index in [0.29, 0.717) is 30.1 Å². The highest BCUT2D eigenvalue weighted by Crippen LogP contribution is 2.40. The number of sulfonamides is 1. The summed E-state index contributed by atoms with van der Waals surface area (Å²) < 4.78 is 88.0. The maximum atomic E-state index is 15.3. The van der Waals surface area contributed by atoms with E-state index in [1.165, 1.54) is 22.5 Å². The van der Waals surface area contributed by atoms with Crippen LogP contribution in [0.4, 0.5) is 28.0 Å². The van der Waals surface area contributed by atoms with E-state index in [1.807, 2.05) is 0 Å². The lowest BCUT2D eigenvalue weighted by Gasteiger charge is -2.38. The van der Waals surface area contributed by atoms with Crippen molar-refractivity contribution in [3.63, 3.8) is 0 Å². The molecule has 3 fully saturated rings. The number of benzene rings is 2. The number of nitrogens with one attached hydrogen (secondary N) is 3. The number of hydrogen-bond donors (Lipinski definition) is 4. The van der Waals surface area contributed by atoms with Crippen molar-refractivity contribution in [3.8, 4) is 0 Å². The van der Waals surface area contributed by atoms with Crippen molar-refractivity contribution in [2.45, 2.75) is 81.3 Å². The molecule has 3 aliphatic heterocycles. The Labute approximate surface area is 281 Å². The number of nitrogens with zero attached hydrogens (tertiary/aromatic N) is 1. The van der Waals surface area contributed by atoms with Gasteiger partial charge in [0.05, 0.1) is 18.3 Å². The fourth-order valence-electron chi connectivity index (χ4n) is 7.21. The number of amides is 2. The molecule has 48 heavy (non-hydrogen) atoms. The predicted octanol–water partition coefficient (Wildman–Crippen LogP) is 5.28. The summed E-state index contributed by atoms with van der Waals surface area (Å²) in [7, 11) is -3.48. The van der Waals surface area contributed by atoms with Gasteiger partial charge in [-0.3, -0.25) is 4.79 Å². The number of alkyl halides is 3. The van der Waals surface area contributed by atoms with E-state index in [4.69, 9.17) is 16.3 Å². The second kappa shape index (κ2) is 15.3. The van der Waals surface area contributed by atoms with Crippen molar-refractivity contribution < 1.29 is 45.4 Å². The van der Waals surface area contributed by atoms with Gasteiger partial charge in [0.25, 0.3) is 0 Å². The summed E-state index contributed by atoms with van der Waals surface area (Å²) in [5, 5.41) is 18.5. The third-order valence-corrected chi connectivity index (χ3v) is 11.6. The number of rotatable bonds is 10. The molecule has 0 saturated carbocycles. The molecule has 3 aliphatic rings. The molecule has 2 aromatic rings. The largest absolute Gasteiger partial charge is 0.465 e. The Morgan fingerprint density at radius 1 is 1.15 bits per heavy atom. The molecule has 3 heterocycles. The van der Waals surface area contributed by atoms with Crippen LogP contribution < -0.4 is 16.0 Å². The van der Waals surface area contributed by atoms with Crippen molar-refractivity contribution >= 4 is 39.3 Å². The molecule has 2 amide bonds. The molecule has 0 radical (unpaired) electrons. The summed E-state index contributed by atoms with van der Waals surface area (Å²) in [6.45, 7) is 0.709. The molecule has 7 atom stereocenters. The number of carbonyl (C=O) groups is 2. The zero-order chi connectivity index (χ0) is 34.6. The van der Waals surface area contributed by atoms with Gasteiger partial charge in [0.1, 0.15) is 11.9 Å². The normalized spacial score (nSPS) is 26.9. The van der Waals surface area contributed by atoms with Gasteiger partial charge in [0.15, 0.2) is 0 Å². The number of anilines is 1. The standard InChI is InChI=1S/C32H39ClF4N4O6S/c33-21-8-6-19(7-9-21)28(20-12-13-47-24(15-20)16-32(35,36)37)29(40-31(43)44)30(42)39-27-5-1-4-26(34)25(27)11-10-23-17-38-22-3-2-14-48(45,46)41(23)18-22/h1,4-9,20,22-24,28-29,38,40H,2-3,10-18H2,(H,39,42)(H,43,44)/t20-,22+,23-,24+,28-,29-/m0/s1. The van der Waals surface area contributed by atoms with Crippen LogP contribution in [0.2, 0.25) is 5.02 Å². The van der Waals surface area contributed by atoms with E-state index in [2.05, 4.69) is 16.0 Å². The SMILES string of the molecule is O=C(O)N[C@H](C(=O)Nc1cccc(F)c1CC[C@H]1CN[C@@H]2CCCS(=O)(=O)N1C2)[C@@H](c1ccc(Cl)cc1)[C@H]1CCO[C@@H](CC(F)(F)F)C1. The van der Waals surface area contributed by atoms with Crippen LogP contribution in [-0.2, 0) is 26.0 Å². The Bertz CT molecular complexity index is 1560. The maximum Gasteiger partial charge on any atom is 0.405 e. The molecule has 3 saturated heterocycles. The van der Waals surface area contributed by atoms with Crippen LogP contribution >= 0.6 is 11.6 Å². The number of carboxylic acid groups (broad SMARTS) is 1. The van der Waals surface area contributed by atoms with E-state index >= 15 is 4.39 Å². The topological polar surface area (TPSA) is 137 Å². The van der Waals surface area contributed by atoms with Crippen LogP contribution in [0.15, 0.2) is 42.5 Å². The first-order chi connectivity index (χ1) is 22.7. The molecule has 0 aromatic heterocycles. The Morgan fingerprint density at radius 2 is 1.90 bits per heavy atom. The number of ether oxygens (including phenoxy) is 1. The van der Waals surface area contributed by atoms with E-state index in [-0.39, 0.29) is 55.3 Å². The molecule has 0 aliphatic carbocycles. The summed E-state index contributed by atoms with van der Waals surface area (Å²) in [5.74, 6) is -2.95. The number of piperazine rings is 1. The lowest BCUT2D eigenvalue weighted by atomic mass is 9.74. The zero-order valence-corrected chi connectivity index (χ0v) is 27.6. The van der Waals surface area contributed by atoms with E-state index < -0.39 is 70.5 Å². The molecule has 5 rings (SSSR count). The quantitative estimate of drug-likeness (QED) is 0.245. The minimum Gasteiger partial charge on any atom is -0.465 e. The molecule has 10 nitrogen and oxygen atoms in total. The molecule has 2 bridgehead atoms. The average molecular weight is 719 g/mol. The fourth-order valence-corrected chi connectivity index (χ4v) is 9.14. The smallest absolute Gasteiger partial charge is 0.405 e. The van der Waals surface area contributed by atoms with Crippen molar-refractivity contribution in [2.24, 2.45) is 5.92 Å². The molecular weight excluding hydrogens is 680 g/mol. The van der Waals surface area contributed by atoms with E-state index in [9.17, 15) is 36.3 Å². The monoisotopic (exact) mass is 718 g/mol. The van der Waals surface area contributed by atoms with Crippen LogP contribution in [0, 0.1) is 11.7 Å². The van der Waals surface area contributed by atoms with Crippen LogP contribution in [0.25, 0.3) is 0 Å². The first-order valence-electron chi connectivity index (χ1n) is 15.9. The third-order valence-electron chi connectivity index (χ3n) is 9.42. The van der Waals surface area contributed by atoms with Crippen molar-refractivity contribution in [2.75, 3.05) is 30.8 Å². The highest BCUT2D eigenvalue weighted by Gasteiger charge is 2.43. The first kappa shape index (κ1) is 36.3. The molecule has 1 unspecified atom stereocenters. The molecular formula is C32H39ClF4N4O6S. The van der Waals surface area contributed by atoms with Gasteiger partial charge in [-0.15, -0.1) is 0 Å². The van der Waals surface area contributed by atoms with Gasteiger partial charge in [0.2, 0.25) is 15.9 Å². The van der Waals surface area contributed by atoms with Gasteiger partial charge in [-0.25, -0.2) is 17.6 Å². The second-order valence-corrected chi connectivity index (χ2v) is 15.2. The number of hydrogen-bond acceptors (Lipinski definition) is 6. The second-order valence-electron chi connectivity index (χ2n) is 12.7. The fraction of sp³-hybridized carbons (Fsp3) is 0.562. The summed E-state index contributed by atoms with van der Waals surface area (Å²) >= 11 is 6.09. The van der Waals surface area contributed by atoms with Gasteiger partial charge < -0.3 is 25.8 Å². The molecule has 4 N–H and O–H groups in total. The van der Waals surface area contributed by atoms with Crippen LogP contribution in [0.3, 0.4) is 0 Å². The summed E-state index contributed by atoms with van der Waals surface area (Å²) in [6.07, 6.45) is -6.60. The Morgan fingerprint density at radius 3 is 2.60 bits per heavy atom. The Hall–Kier alpha value is -2.98. The zero-order valence-electron chi connectivity index (χ0n) is 26.0. The molecule has 2 aromatic carbocycles. The van der Waals surface area contributed by atoms with Crippen molar-refractivity contribution in [1.82, 2.24) is 14.9 Å². The maximum absolute atomic E-state index is 15.3. The van der Waals surface area contributed by atoms with Gasteiger partial charge >= 0.3 is 12.3 Å². The summed E-state index contributed by atoms with van der Waals surface area (Å²) in [4.78, 5) is 26.1. The van der Waals surface area contributed by atoms with Gasteiger partial charge in [-0.05, 0) is 74.3 Å². The lowest BCUT2D eigenvalue weighted by molar-refractivity contribution is -0.169. The average Bonchev–Trinajstić information content (AvgIpc) is 3.12. The van der Waals surface area contributed by atoms with Crippen molar-refractivity contribution in [3.05, 3.63) is 64.4 Å². The van der Waals surface area contributed by atoms with Crippen LogP contribution in [0.5, 0.6) is 0 Å². The Balaban J connectivity index is 1.41. The summed E-state index contributed by atoms with van der Waals surface area (Å²) in [6, 6.07) is 8.48. The minimum atomic E-state index is -4.49. The highest BCUT2D eigenvalue weighted by molar-refractivity contribution is 7.89. The predicted molar refractivity (Wildman–Crippen MR) is 171 cm³/mol. The minimum absolute atomic E-state index is 0.0194. The van der Waals surface area contributed by atoms with Gasteiger partial charge in [-0.2, -0.15) is 17.5 Å². The van der Waals surface area contributed by atoms with Crippen LogP contribution in [0.1, 0.15) is 55.6 Å². The number of halogens is 5. The third kappa shape index (κ3) is 9.17. The number of carbonyl (C=O) groups excluding carboxylic acids is 1. The van der Waals surface area contributed by atoms with Gasteiger partial charge in [0, 0.05) is 54.0 Å². The van der Waals surface area contributed by atoms with Crippen LogP contribution in [-0.4, -0.2) is 85.7 Å². The Kier molecular flexibility index (Phi) is 11.6. The highest BCUT2D eigenvalue weighted by atomic mass is 35.5. The first-order valence-corrected chi connectivity index (χ1v) is 17.9. The molecule has 0 spiro atoms. The molecule has 264 valence electrons. The number of fused-ring (bicyclic) bond motifs is 2. The lowest BCUT2D eigenvalue weighted by Crippen LogP contribution is -2.57. The van der Waals surface area contributed by atoms with Gasteiger partial charge in [-0.1, -0.05) is 29.8 Å². The van der Waals surface area contributed by atoms with E-state index in [1.54, 1.807) is 24.3 Å². The van der Waals surface area contributed by atoms with Crippen molar-refractivity contribution in [1.29, 1.82) is 0 Å². The molecule has 16 heteroatoms.